The molecule has 0 saturated heterocycles. The molecule has 8 aromatic carbocycles. The van der Waals surface area contributed by atoms with Gasteiger partial charge in [0.05, 0.1) is 0 Å². The van der Waals surface area contributed by atoms with Crippen LogP contribution in [0.1, 0.15) is 0 Å². The zero-order valence-electron chi connectivity index (χ0n) is 28.6. The van der Waals surface area contributed by atoms with Crippen molar-refractivity contribution in [3.05, 3.63) is 188 Å². The highest BCUT2D eigenvalue weighted by Gasteiger charge is 2.53. The van der Waals surface area contributed by atoms with E-state index in [1.807, 2.05) is 11.3 Å². The van der Waals surface area contributed by atoms with Gasteiger partial charge in [-0.15, -0.1) is 11.3 Å². The van der Waals surface area contributed by atoms with Gasteiger partial charge in [-0.05, 0) is 98.6 Å². The van der Waals surface area contributed by atoms with Gasteiger partial charge in [0.2, 0.25) is 0 Å². The molecular formula is C48H31NO2SSi. The van der Waals surface area contributed by atoms with Crippen LogP contribution in [0.2, 0.25) is 0 Å². The van der Waals surface area contributed by atoms with Gasteiger partial charge in [-0.2, -0.15) is 0 Å². The topological polar surface area (TPSA) is 21.7 Å². The fourth-order valence-electron chi connectivity index (χ4n) is 8.53. The Balaban J connectivity index is 1.11. The Bertz CT molecular complexity index is 2760. The molecule has 0 atom stereocenters. The number of hydrogen-bond donors (Lipinski definition) is 0. The molecule has 53 heavy (non-hydrogen) atoms. The maximum atomic E-state index is 6.78. The molecule has 1 aromatic heterocycles. The first-order valence-electron chi connectivity index (χ1n) is 17.9. The van der Waals surface area contributed by atoms with E-state index in [1.165, 1.54) is 52.0 Å². The summed E-state index contributed by atoms with van der Waals surface area (Å²) in [5.74, 6) is 3.63. The van der Waals surface area contributed by atoms with Gasteiger partial charge in [-0.25, -0.2) is 0 Å². The third-order valence-electron chi connectivity index (χ3n) is 10.8. The van der Waals surface area contributed by atoms with Gasteiger partial charge in [-0.1, -0.05) is 121 Å². The van der Waals surface area contributed by atoms with Crippen molar-refractivity contribution in [1.82, 2.24) is 0 Å². The maximum Gasteiger partial charge on any atom is 0.196 e. The minimum atomic E-state index is -2.90. The molecule has 9 aromatic rings. The standard InChI is InChI=1S/C48H31NO2SSi/c1-2-13-33(14-3-1)49(34-27-25-32(26-28-34)36-16-12-17-38-37-15-4-8-21-43(37)52-48(36)38)35-29-30-42-47(31-35)53(46-24-11-7-20-41(46)51-42)44-22-9-5-18-39(44)50-40-19-6-10-23-45(40)53/h1-31H. The summed E-state index contributed by atoms with van der Waals surface area (Å²) >= 11 is 1.87. The van der Waals surface area contributed by atoms with Gasteiger partial charge in [0.15, 0.2) is 8.07 Å². The summed E-state index contributed by atoms with van der Waals surface area (Å²) in [7, 11) is -2.90. The predicted octanol–water partition coefficient (Wildman–Crippen LogP) is 10.8. The molecule has 0 saturated carbocycles. The van der Waals surface area contributed by atoms with Gasteiger partial charge in [-0.3, -0.25) is 0 Å². The number of hydrogen-bond acceptors (Lipinski definition) is 4. The van der Waals surface area contributed by atoms with Crippen LogP contribution in [0.15, 0.2) is 188 Å². The van der Waals surface area contributed by atoms with Crippen molar-refractivity contribution in [2.45, 2.75) is 0 Å². The van der Waals surface area contributed by atoms with Crippen LogP contribution in [-0.4, -0.2) is 8.07 Å². The van der Waals surface area contributed by atoms with Crippen molar-refractivity contribution < 1.29 is 9.47 Å². The molecule has 250 valence electrons. The number of benzene rings is 8. The Labute approximate surface area is 312 Å². The normalized spacial score (nSPS) is 13.4. The second kappa shape index (κ2) is 11.8. The van der Waals surface area contributed by atoms with Crippen LogP contribution in [-0.2, 0) is 0 Å². The molecule has 0 aliphatic carbocycles. The summed E-state index contributed by atoms with van der Waals surface area (Å²) in [6.45, 7) is 0. The summed E-state index contributed by atoms with van der Waals surface area (Å²) in [4.78, 5) is 2.36. The second-order valence-corrected chi connectivity index (χ2v) is 18.3. The molecule has 3 heterocycles. The number of para-hydroxylation sites is 4. The molecule has 3 nitrogen and oxygen atoms in total. The molecule has 0 bridgehead atoms. The average molecular weight is 714 g/mol. The first-order chi connectivity index (χ1) is 26.3. The first kappa shape index (κ1) is 30.2. The number of rotatable bonds is 4. The minimum Gasteiger partial charge on any atom is -0.458 e. The van der Waals surface area contributed by atoms with E-state index in [4.69, 9.17) is 9.47 Å². The van der Waals surface area contributed by atoms with Crippen LogP contribution in [0.4, 0.5) is 17.1 Å². The highest BCUT2D eigenvalue weighted by Crippen LogP contribution is 2.43. The minimum absolute atomic E-state index is 0.894. The van der Waals surface area contributed by atoms with Gasteiger partial charge in [0.1, 0.15) is 23.0 Å². The molecule has 0 N–H and O–H groups in total. The fourth-order valence-corrected chi connectivity index (χ4v) is 14.9. The van der Waals surface area contributed by atoms with E-state index in [2.05, 4.69) is 193 Å². The molecule has 1 spiro atoms. The van der Waals surface area contributed by atoms with Crippen molar-refractivity contribution >= 4 is 77.4 Å². The molecular weight excluding hydrogens is 683 g/mol. The highest BCUT2D eigenvalue weighted by molar-refractivity contribution is 7.26. The Morgan fingerprint density at radius 1 is 0.396 bits per heavy atom. The zero-order chi connectivity index (χ0) is 34.9. The highest BCUT2D eigenvalue weighted by atomic mass is 32.1. The lowest BCUT2D eigenvalue weighted by atomic mass is 10.0. The monoisotopic (exact) mass is 713 g/mol. The summed E-state index contributed by atoms with van der Waals surface area (Å²) in [5, 5.41) is 7.55. The van der Waals surface area contributed by atoms with Crippen molar-refractivity contribution in [3.63, 3.8) is 0 Å². The van der Waals surface area contributed by atoms with Crippen LogP contribution in [0.25, 0.3) is 31.3 Å². The van der Waals surface area contributed by atoms with E-state index >= 15 is 0 Å². The quantitative estimate of drug-likeness (QED) is 0.170. The molecule has 0 amide bonds. The number of anilines is 3. The third-order valence-corrected chi connectivity index (χ3v) is 16.9. The van der Waals surface area contributed by atoms with E-state index in [9.17, 15) is 0 Å². The Kier molecular flexibility index (Phi) is 6.74. The lowest BCUT2D eigenvalue weighted by Gasteiger charge is -2.43. The molecule has 2 aliphatic rings. The summed E-state index contributed by atoms with van der Waals surface area (Å²) in [6.07, 6.45) is 0. The largest absolute Gasteiger partial charge is 0.458 e. The molecule has 0 fully saturated rings. The van der Waals surface area contributed by atoms with Crippen LogP contribution in [0.5, 0.6) is 23.0 Å². The van der Waals surface area contributed by atoms with Crippen LogP contribution in [0, 0.1) is 0 Å². The Morgan fingerprint density at radius 3 is 1.60 bits per heavy atom. The summed E-state index contributed by atoms with van der Waals surface area (Å²) < 4.78 is 16.0. The average Bonchev–Trinajstić information content (AvgIpc) is 3.61. The predicted molar refractivity (Wildman–Crippen MR) is 223 cm³/mol. The number of fused-ring (bicyclic) bond motifs is 11. The van der Waals surface area contributed by atoms with Crippen LogP contribution in [0.3, 0.4) is 0 Å². The second-order valence-electron chi connectivity index (χ2n) is 13.6. The summed E-state index contributed by atoms with van der Waals surface area (Å²) in [6, 6.07) is 67.6. The lowest BCUT2D eigenvalue weighted by Crippen LogP contribution is -2.77. The number of ether oxygens (including phenoxy) is 2. The van der Waals surface area contributed by atoms with Crippen molar-refractivity contribution in [1.29, 1.82) is 0 Å². The van der Waals surface area contributed by atoms with Gasteiger partial charge in [0, 0.05) is 37.2 Å². The molecule has 0 radical (unpaired) electrons. The molecule has 11 rings (SSSR count). The zero-order valence-corrected chi connectivity index (χ0v) is 30.4. The molecule has 0 unspecified atom stereocenters. The van der Waals surface area contributed by atoms with Crippen molar-refractivity contribution in [2.75, 3.05) is 4.90 Å². The van der Waals surface area contributed by atoms with Crippen LogP contribution >= 0.6 is 11.3 Å². The summed E-state index contributed by atoms with van der Waals surface area (Å²) in [5.41, 5.74) is 5.72. The van der Waals surface area contributed by atoms with Crippen molar-refractivity contribution in [2.24, 2.45) is 0 Å². The van der Waals surface area contributed by atoms with Gasteiger partial charge < -0.3 is 14.4 Å². The van der Waals surface area contributed by atoms with Gasteiger partial charge >= 0.3 is 0 Å². The van der Waals surface area contributed by atoms with E-state index in [0.717, 1.165) is 40.1 Å². The van der Waals surface area contributed by atoms with E-state index < -0.39 is 8.07 Å². The molecule has 2 aliphatic heterocycles. The SMILES string of the molecule is c1ccc(N(c2ccc(-c3cccc4c3sc3ccccc34)cc2)c2ccc3c(c2)[Si]2(c4ccccc4Oc4ccccc42)c2ccccc2O3)cc1. The van der Waals surface area contributed by atoms with E-state index in [-0.39, 0.29) is 0 Å². The first-order valence-corrected chi connectivity index (χ1v) is 20.7. The third kappa shape index (κ3) is 4.51. The fraction of sp³-hybridized carbons (Fsp3) is 0. The van der Waals surface area contributed by atoms with Gasteiger partial charge in [0.25, 0.3) is 0 Å². The number of nitrogens with zero attached hydrogens (tertiary/aromatic N) is 1. The van der Waals surface area contributed by atoms with Crippen LogP contribution < -0.4 is 35.1 Å². The Morgan fingerprint density at radius 2 is 0.925 bits per heavy atom. The maximum absolute atomic E-state index is 6.78. The number of thiophene rings is 1. The van der Waals surface area contributed by atoms with E-state index in [0.29, 0.717) is 0 Å². The van der Waals surface area contributed by atoms with E-state index in [1.54, 1.807) is 0 Å². The smallest absolute Gasteiger partial charge is 0.196 e. The van der Waals surface area contributed by atoms with Crippen molar-refractivity contribution in [3.8, 4) is 34.1 Å². The lowest BCUT2D eigenvalue weighted by molar-refractivity contribution is 0.481. The Hall–Kier alpha value is -6.40. The molecule has 5 heteroatoms.